The normalized spacial score (nSPS) is 11.3. The molecule has 2 aromatic carbocycles. The minimum Gasteiger partial charge on any atom is -0.325 e. The van der Waals surface area contributed by atoms with Crippen molar-refractivity contribution in [2.75, 3.05) is 0 Å². The number of aromatic nitrogens is 3. The molecule has 0 aliphatic carbocycles. The Kier molecular flexibility index (Phi) is 4.30. The molecule has 5 heteroatoms. The third kappa shape index (κ3) is 3.19. The van der Waals surface area contributed by atoms with Crippen molar-refractivity contribution in [3.05, 3.63) is 76.9 Å². The van der Waals surface area contributed by atoms with Crippen LogP contribution >= 0.6 is 0 Å². The summed E-state index contributed by atoms with van der Waals surface area (Å²) in [5.74, 6) is -0.253. The Bertz CT molecular complexity index is 834. The Hall–Kier alpha value is -2.79. The van der Waals surface area contributed by atoms with Gasteiger partial charge in [0.15, 0.2) is 0 Å². The summed E-state index contributed by atoms with van der Waals surface area (Å²) in [7, 11) is 0. The summed E-state index contributed by atoms with van der Waals surface area (Å²) in [6.45, 7) is 2.32. The fourth-order valence-electron chi connectivity index (χ4n) is 2.36. The van der Waals surface area contributed by atoms with Crippen LogP contribution < -0.4 is 5.73 Å². The van der Waals surface area contributed by atoms with Crippen molar-refractivity contribution in [1.29, 1.82) is 0 Å². The molecule has 0 fully saturated rings. The van der Waals surface area contributed by atoms with Crippen LogP contribution in [0.2, 0.25) is 0 Å². The van der Waals surface area contributed by atoms with Crippen LogP contribution in [0.1, 0.15) is 22.5 Å². The van der Waals surface area contributed by atoms with Gasteiger partial charge in [0.05, 0.1) is 11.4 Å². The average molecular weight is 308 g/mol. The van der Waals surface area contributed by atoms with Gasteiger partial charge in [-0.3, -0.25) is 0 Å². The van der Waals surface area contributed by atoms with Gasteiger partial charge < -0.3 is 5.73 Å². The van der Waals surface area contributed by atoms with Gasteiger partial charge in [-0.15, -0.1) is 5.10 Å². The summed E-state index contributed by atoms with van der Waals surface area (Å²) in [6.07, 6.45) is 3.80. The van der Waals surface area contributed by atoms with E-state index in [-0.39, 0.29) is 5.82 Å². The van der Waals surface area contributed by atoms with E-state index in [9.17, 15) is 4.39 Å². The molecule has 0 radical (unpaired) electrons. The van der Waals surface area contributed by atoms with Gasteiger partial charge in [-0.1, -0.05) is 41.6 Å². The van der Waals surface area contributed by atoms with Crippen LogP contribution in [0, 0.1) is 12.7 Å². The standard InChI is InChI=1S/C18H17FN4/c1-13-4-2-3-5-17(13)23-18(16(12-20)21-22-23)11-8-14-6-9-15(19)10-7-14/h2-11H,12,20H2,1H3/b11-8+. The van der Waals surface area contributed by atoms with Crippen molar-refractivity contribution in [3.8, 4) is 5.69 Å². The van der Waals surface area contributed by atoms with E-state index in [0.717, 1.165) is 22.5 Å². The molecule has 3 rings (SSSR count). The second-order valence-electron chi connectivity index (χ2n) is 5.21. The number of hydrogen-bond acceptors (Lipinski definition) is 3. The lowest BCUT2D eigenvalue weighted by atomic mass is 10.1. The van der Waals surface area contributed by atoms with Gasteiger partial charge in [0, 0.05) is 6.54 Å². The Labute approximate surface area is 134 Å². The third-order valence-electron chi connectivity index (χ3n) is 3.62. The second-order valence-corrected chi connectivity index (χ2v) is 5.21. The number of para-hydroxylation sites is 1. The molecule has 1 heterocycles. The van der Waals surface area contributed by atoms with Crippen molar-refractivity contribution in [2.45, 2.75) is 13.5 Å². The molecule has 4 nitrogen and oxygen atoms in total. The lowest BCUT2D eigenvalue weighted by molar-refractivity contribution is 0.628. The van der Waals surface area contributed by atoms with Crippen LogP contribution in [0.25, 0.3) is 17.8 Å². The highest BCUT2D eigenvalue weighted by atomic mass is 19.1. The number of rotatable bonds is 4. The van der Waals surface area contributed by atoms with Crippen molar-refractivity contribution in [1.82, 2.24) is 15.0 Å². The quantitative estimate of drug-likeness (QED) is 0.804. The molecule has 1 aromatic heterocycles. The predicted molar refractivity (Wildman–Crippen MR) is 89.3 cm³/mol. The number of benzene rings is 2. The molecular formula is C18H17FN4. The summed E-state index contributed by atoms with van der Waals surface area (Å²) in [5.41, 5.74) is 10.3. The maximum Gasteiger partial charge on any atom is 0.123 e. The highest BCUT2D eigenvalue weighted by molar-refractivity contribution is 5.70. The smallest absolute Gasteiger partial charge is 0.123 e. The first-order valence-electron chi connectivity index (χ1n) is 7.33. The molecule has 0 amide bonds. The molecule has 3 aromatic rings. The first kappa shape index (κ1) is 15.1. The predicted octanol–water partition coefficient (Wildman–Crippen LogP) is 3.34. The van der Waals surface area contributed by atoms with E-state index in [2.05, 4.69) is 10.3 Å². The van der Waals surface area contributed by atoms with E-state index in [4.69, 9.17) is 5.73 Å². The maximum absolute atomic E-state index is 13.0. The largest absolute Gasteiger partial charge is 0.325 e. The van der Waals surface area contributed by atoms with Gasteiger partial charge in [-0.2, -0.15) is 0 Å². The zero-order valence-electron chi connectivity index (χ0n) is 12.8. The van der Waals surface area contributed by atoms with Gasteiger partial charge in [0.25, 0.3) is 0 Å². The zero-order valence-corrected chi connectivity index (χ0v) is 12.8. The Morgan fingerprint density at radius 3 is 2.52 bits per heavy atom. The van der Waals surface area contributed by atoms with Gasteiger partial charge >= 0.3 is 0 Å². The van der Waals surface area contributed by atoms with Crippen molar-refractivity contribution in [3.63, 3.8) is 0 Å². The molecule has 0 saturated heterocycles. The minimum absolute atomic E-state index is 0.253. The molecule has 0 bridgehead atoms. The third-order valence-corrected chi connectivity index (χ3v) is 3.62. The first-order chi connectivity index (χ1) is 11.2. The minimum atomic E-state index is -0.253. The molecule has 0 unspecified atom stereocenters. The summed E-state index contributed by atoms with van der Waals surface area (Å²) in [6, 6.07) is 14.2. The number of halogens is 1. The molecule has 2 N–H and O–H groups in total. The van der Waals surface area contributed by atoms with Crippen LogP contribution in [0.3, 0.4) is 0 Å². The average Bonchev–Trinajstić information content (AvgIpc) is 2.97. The van der Waals surface area contributed by atoms with E-state index in [1.165, 1.54) is 12.1 Å². The fraction of sp³-hybridized carbons (Fsp3) is 0.111. The Morgan fingerprint density at radius 2 is 1.83 bits per heavy atom. The van der Waals surface area contributed by atoms with Crippen LogP contribution in [0.5, 0.6) is 0 Å². The summed E-state index contributed by atoms with van der Waals surface area (Å²) < 4.78 is 14.8. The number of nitrogens with two attached hydrogens (primary N) is 1. The number of aryl methyl sites for hydroxylation is 1. The molecule has 116 valence electrons. The molecule has 0 atom stereocenters. The lowest BCUT2D eigenvalue weighted by Crippen LogP contribution is -2.03. The fourth-order valence-corrected chi connectivity index (χ4v) is 2.36. The van der Waals surface area contributed by atoms with E-state index in [1.807, 2.05) is 43.3 Å². The van der Waals surface area contributed by atoms with Gasteiger partial charge in [0.2, 0.25) is 0 Å². The van der Waals surface area contributed by atoms with E-state index < -0.39 is 0 Å². The van der Waals surface area contributed by atoms with Crippen molar-refractivity contribution in [2.24, 2.45) is 5.73 Å². The molecule has 0 aliphatic heterocycles. The highest BCUT2D eigenvalue weighted by Gasteiger charge is 2.11. The zero-order chi connectivity index (χ0) is 16.2. The summed E-state index contributed by atoms with van der Waals surface area (Å²) in [4.78, 5) is 0. The molecule has 0 aliphatic rings. The van der Waals surface area contributed by atoms with Crippen molar-refractivity contribution >= 4 is 12.2 Å². The Balaban J connectivity index is 2.03. The van der Waals surface area contributed by atoms with Crippen LogP contribution in [0.4, 0.5) is 4.39 Å². The maximum atomic E-state index is 13.0. The van der Waals surface area contributed by atoms with Gasteiger partial charge in [0.1, 0.15) is 11.5 Å². The second kappa shape index (κ2) is 6.54. The topological polar surface area (TPSA) is 56.7 Å². The highest BCUT2D eigenvalue weighted by Crippen LogP contribution is 2.19. The molecule has 0 saturated carbocycles. The first-order valence-corrected chi connectivity index (χ1v) is 7.33. The number of hydrogen-bond donors (Lipinski definition) is 1. The summed E-state index contributed by atoms with van der Waals surface area (Å²) in [5, 5.41) is 8.38. The van der Waals surface area contributed by atoms with Gasteiger partial charge in [-0.25, -0.2) is 9.07 Å². The van der Waals surface area contributed by atoms with E-state index in [1.54, 1.807) is 16.8 Å². The van der Waals surface area contributed by atoms with Crippen LogP contribution in [-0.4, -0.2) is 15.0 Å². The number of nitrogens with zero attached hydrogens (tertiary/aromatic N) is 3. The SMILES string of the molecule is Cc1ccccc1-n1nnc(CN)c1/C=C/c1ccc(F)cc1. The van der Waals surface area contributed by atoms with Crippen LogP contribution in [0.15, 0.2) is 48.5 Å². The molecule has 23 heavy (non-hydrogen) atoms. The summed E-state index contributed by atoms with van der Waals surface area (Å²) >= 11 is 0. The van der Waals surface area contributed by atoms with Crippen molar-refractivity contribution < 1.29 is 4.39 Å². The Morgan fingerprint density at radius 1 is 1.09 bits per heavy atom. The molecule has 0 spiro atoms. The van der Waals surface area contributed by atoms with E-state index in [0.29, 0.717) is 12.2 Å². The molecular weight excluding hydrogens is 291 g/mol. The monoisotopic (exact) mass is 308 g/mol. The lowest BCUT2D eigenvalue weighted by Gasteiger charge is -2.07. The van der Waals surface area contributed by atoms with Crippen LogP contribution in [-0.2, 0) is 6.54 Å². The van der Waals surface area contributed by atoms with E-state index >= 15 is 0 Å². The van der Waals surface area contributed by atoms with Gasteiger partial charge in [-0.05, 0) is 42.3 Å².